The van der Waals surface area contributed by atoms with E-state index in [1.807, 2.05) is 79.1 Å². The van der Waals surface area contributed by atoms with Gasteiger partial charge in [0.2, 0.25) is 11.8 Å². The monoisotopic (exact) mass is 531 g/mol. The van der Waals surface area contributed by atoms with E-state index in [9.17, 15) is 9.59 Å². The second kappa shape index (κ2) is 12.3. The van der Waals surface area contributed by atoms with Crippen LogP contribution in [-0.4, -0.2) is 39.4 Å². The molecule has 1 heterocycles. The number of thioether (sulfide) groups is 1. The van der Waals surface area contributed by atoms with Crippen LogP contribution >= 0.6 is 11.8 Å². The fourth-order valence-corrected chi connectivity index (χ4v) is 4.53. The first kappa shape index (κ1) is 26.7. The van der Waals surface area contributed by atoms with Crippen molar-refractivity contribution in [2.75, 3.05) is 23.5 Å². The molecule has 0 aliphatic heterocycles. The third-order valence-corrected chi connectivity index (χ3v) is 6.50. The molecule has 10 heteroatoms. The van der Waals surface area contributed by atoms with Crippen molar-refractivity contribution in [2.45, 2.75) is 32.0 Å². The topological polar surface area (TPSA) is 107 Å². The van der Waals surface area contributed by atoms with Gasteiger partial charge in [-0.25, -0.2) is 0 Å². The SMILES string of the molecule is COc1ccccc1OC(C)c1nnc(SCC(=O)Nc2ccc(C)c(NC(C)=O)c2)n1-c1ccccc1. The third kappa shape index (κ3) is 6.51. The Bertz CT molecular complexity index is 1420. The number of para-hydroxylation sites is 3. The van der Waals surface area contributed by atoms with Gasteiger partial charge in [0.05, 0.1) is 12.9 Å². The number of carbonyl (C=O) groups is 2. The van der Waals surface area contributed by atoms with Crippen molar-refractivity contribution in [3.8, 4) is 17.2 Å². The predicted octanol–water partition coefficient (Wildman–Crippen LogP) is 5.41. The van der Waals surface area contributed by atoms with E-state index in [2.05, 4.69) is 20.8 Å². The van der Waals surface area contributed by atoms with Crippen molar-refractivity contribution >= 4 is 35.0 Å². The summed E-state index contributed by atoms with van der Waals surface area (Å²) in [6, 6.07) is 22.5. The van der Waals surface area contributed by atoms with Crippen molar-refractivity contribution < 1.29 is 19.1 Å². The minimum atomic E-state index is -0.457. The van der Waals surface area contributed by atoms with Gasteiger partial charge >= 0.3 is 0 Å². The summed E-state index contributed by atoms with van der Waals surface area (Å²) in [5.41, 5.74) is 3.00. The first-order valence-corrected chi connectivity index (χ1v) is 13.0. The number of benzene rings is 3. The van der Waals surface area contributed by atoms with Gasteiger partial charge in [-0.3, -0.25) is 14.2 Å². The lowest BCUT2D eigenvalue weighted by molar-refractivity contribution is -0.114. The molecule has 2 N–H and O–H groups in total. The Kier molecular flexibility index (Phi) is 8.65. The molecular formula is C28H29N5O4S. The van der Waals surface area contributed by atoms with Gasteiger partial charge in [-0.1, -0.05) is 48.2 Å². The van der Waals surface area contributed by atoms with Crippen LogP contribution in [0.4, 0.5) is 11.4 Å². The molecule has 1 unspecified atom stereocenters. The largest absolute Gasteiger partial charge is 0.493 e. The van der Waals surface area contributed by atoms with E-state index in [-0.39, 0.29) is 17.6 Å². The van der Waals surface area contributed by atoms with Crippen LogP contribution in [0.5, 0.6) is 11.5 Å². The highest BCUT2D eigenvalue weighted by molar-refractivity contribution is 7.99. The lowest BCUT2D eigenvalue weighted by Gasteiger charge is -2.18. The molecular weight excluding hydrogens is 502 g/mol. The number of aryl methyl sites for hydroxylation is 1. The van der Waals surface area contributed by atoms with E-state index in [0.717, 1.165) is 11.3 Å². The molecule has 9 nitrogen and oxygen atoms in total. The lowest BCUT2D eigenvalue weighted by Crippen LogP contribution is -2.16. The maximum absolute atomic E-state index is 12.8. The smallest absolute Gasteiger partial charge is 0.234 e. The van der Waals surface area contributed by atoms with E-state index in [1.54, 1.807) is 19.2 Å². The maximum atomic E-state index is 12.8. The summed E-state index contributed by atoms with van der Waals surface area (Å²) in [7, 11) is 1.59. The van der Waals surface area contributed by atoms with Crippen LogP contribution in [0.3, 0.4) is 0 Å². The number of methoxy groups -OCH3 is 1. The summed E-state index contributed by atoms with van der Waals surface area (Å²) in [6.07, 6.45) is -0.457. The molecule has 196 valence electrons. The van der Waals surface area contributed by atoms with E-state index in [0.29, 0.717) is 33.9 Å². The highest BCUT2D eigenvalue weighted by Gasteiger charge is 2.22. The van der Waals surface area contributed by atoms with Crippen molar-refractivity contribution in [1.29, 1.82) is 0 Å². The number of ether oxygens (including phenoxy) is 2. The van der Waals surface area contributed by atoms with Gasteiger partial charge in [0.15, 0.2) is 28.6 Å². The maximum Gasteiger partial charge on any atom is 0.234 e. The van der Waals surface area contributed by atoms with Crippen LogP contribution in [0.2, 0.25) is 0 Å². The summed E-state index contributed by atoms with van der Waals surface area (Å²) in [5.74, 6) is 1.52. The van der Waals surface area contributed by atoms with Crippen LogP contribution in [0.15, 0.2) is 78.0 Å². The van der Waals surface area contributed by atoms with E-state index < -0.39 is 6.10 Å². The average Bonchev–Trinajstić information content (AvgIpc) is 3.34. The van der Waals surface area contributed by atoms with Crippen molar-refractivity contribution in [1.82, 2.24) is 14.8 Å². The highest BCUT2D eigenvalue weighted by Crippen LogP contribution is 2.32. The first-order chi connectivity index (χ1) is 18.4. The molecule has 2 amide bonds. The summed E-state index contributed by atoms with van der Waals surface area (Å²) in [6.45, 7) is 5.22. The molecule has 4 rings (SSSR count). The second-order valence-corrected chi connectivity index (χ2v) is 9.41. The molecule has 0 fully saturated rings. The molecule has 0 spiro atoms. The molecule has 0 saturated heterocycles. The zero-order chi connectivity index (χ0) is 27.1. The van der Waals surface area contributed by atoms with E-state index in [4.69, 9.17) is 9.47 Å². The van der Waals surface area contributed by atoms with Gasteiger partial charge in [-0.15, -0.1) is 10.2 Å². The number of rotatable bonds is 10. The summed E-state index contributed by atoms with van der Waals surface area (Å²) in [4.78, 5) is 24.2. The van der Waals surface area contributed by atoms with Gasteiger partial charge in [-0.05, 0) is 55.8 Å². The average molecular weight is 532 g/mol. The molecule has 1 aromatic heterocycles. The number of nitrogens with one attached hydrogen (secondary N) is 2. The van der Waals surface area contributed by atoms with Crippen molar-refractivity contribution in [2.24, 2.45) is 0 Å². The van der Waals surface area contributed by atoms with Gasteiger partial charge < -0.3 is 20.1 Å². The summed E-state index contributed by atoms with van der Waals surface area (Å²) < 4.78 is 13.5. The number of amides is 2. The molecule has 4 aromatic rings. The summed E-state index contributed by atoms with van der Waals surface area (Å²) >= 11 is 1.27. The van der Waals surface area contributed by atoms with Crippen LogP contribution in [-0.2, 0) is 9.59 Å². The number of hydrogen-bond acceptors (Lipinski definition) is 7. The molecule has 0 aliphatic rings. The Morgan fingerprint density at radius 2 is 1.68 bits per heavy atom. The molecule has 1 atom stereocenters. The second-order valence-electron chi connectivity index (χ2n) is 8.47. The molecule has 0 saturated carbocycles. The lowest BCUT2D eigenvalue weighted by atomic mass is 10.2. The zero-order valence-corrected chi connectivity index (χ0v) is 22.4. The Labute approximate surface area is 225 Å². The van der Waals surface area contributed by atoms with Crippen molar-refractivity contribution in [3.63, 3.8) is 0 Å². The van der Waals surface area contributed by atoms with Crippen LogP contribution < -0.4 is 20.1 Å². The normalized spacial score (nSPS) is 11.5. The molecule has 0 bridgehead atoms. The molecule has 0 radical (unpaired) electrons. The number of hydrogen-bond donors (Lipinski definition) is 2. The van der Waals surface area contributed by atoms with E-state index >= 15 is 0 Å². The number of anilines is 2. The predicted molar refractivity (Wildman–Crippen MR) is 148 cm³/mol. The van der Waals surface area contributed by atoms with Gasteiger partial charge in [-0.2, -0.15) is 0 Å². The Morgan fingerprint density at radius 3 is 2.39 bits per heavy atom. The summed E-state index contributed by atoms with van der Waals surface area (Å²) in [5, 5.41) is 15.0. The fourth-order valence-electron chi connectivity index (χ4n) is 3.77. The Morgan fingerprint density at radius 1 is 0.974 bits per heavy atom. The molecule has 3 aromatic carbocycles. The van der Waals surface area contributed by atoms with Crippen molar-refractivity contribution in [3.05, 3.63) is 84.2 Å². The molecule has 38 heavy (non-hydrogen) atoms. The number of nitrogens with zero attached hydrogens (tertiary/aromatic N) is 3. The van der Waals surface area contributed by atoms with Crippen LogP contribution in [0, 0.1) is 6.92 Å². The Balaban J connectivity index is 1.52. The minimum absolute atomic E-state index is 0.107. The standard InChI is InChI=1S/C28H29N5O4S/c1-18-14-15-21(16-23(18)29-20(3)34)30-26(35)17-38-28-32-31-27(33(28)22-10-6-5-7-11-22)19(2)37-25-13-9-8-12-24(25)36-4/h5-16,19H,17H2,1-4H3,(H,29,34)(H,30,35). The quantitative estimate of drug-likeness (QED) is 0.263. The zero-order valence-electron chi connectivity index (χ0n) is 21.6. The number of carbonyl (C=O) groups excluding carboxylic acids is 2. The third-order valence-electron chi connectivity index (χ3n) is 5.57. The highest BCUT2D eigenvalue weighted by atomic mass is 32.2. The number of aromatic nitrogens is 3. The first-order valence-electron chi connectivity index (χ1n) is 12.0. The van der Waals surface area contributed by atoms with Crippen LogP contribution in [0.1, 0.15) is 31.3 Å². The fraction of sp³-hybridized carbons (Fsp3) is 0.214. The Hall–Kier alpha value is -4.31. The van der Waals surface area contributed by atoms with Crippen LogP contribution in [0.25, 0.3) is 5.69 Å². The van der Waals surface area contributed by atoms with Gasteiger partial charge in [0.1, 0.15) is 0 Å². The minimum Gasteiger partial charge on any atom is -0.493 e. The van der Waals surface area contributed by atoms with Gasteiger partial charge in [0, 0.05) is 24.0 Å². The van der Waals surface area contributed by atoms with E-state index in [1.165, 1.54) is 18.7 Å². The molecule has 0 aliphatic carbocycles. The van der Waals surface area contributed by atoms with Gasteiger partial charge in [0.25, 0.3) is 0 Å².